The van der Waals surface area contributed by atoms with Crippen molar-refractivity contribution in [3.8, 4) is 0 Å². The number of allylic oxidation sites excluding steroid dienone is 1. The summed E-state index contributed by atoms with van der Waals surface area (Å²) in [4.78, 5) is 0. The van der Waals surface area contributed by atoms with Crippen molar-refractivity contribution in [2.45, 2.75) is 59.3 Å². The SMILES string of the molecule is Br.C=CC[CH2][Sn]([CH2]CCC)[CH2]CCC. The Bertz CT molecular complexity index is 107. The van der Waals surface area contributed by atoms with Crippen LogP contribution in [0.2, 0.25) is 13.3 Å². The van der Waals surface area contributed by atoms with E-state index in [-0.39, 0.29) is 17.0 Å². The van der Waals surface area contributed by atoms with Gasteiger partial charge in [0.1, 0.15) is 0 Å². The third-order valence-corrected chi connectivity index (χ3v) is 11.4. The third-order valence-electron chi connectivity index (χ3n) is 2.47. The van der Waals surface area contributed by atoms with Crippen molar-refractivity contribution in [2.75, 3.05) is 0 Å². The second kappa shape index (κ2) is 14.0. The van der Waals surface area contributed by atoms with E-state index in [9.17, 15) is 0 Å². The van der Waals surface area contributed by atoms with Crippen molar-refractivity contribution >= 4 is 36.7 Å². The van der Waals surface area contributed by atoms with Crippen LogP contribution in [-0.4, -0.2) is 19.8 Å². The van der Waals surface area contributed by atoms with E-state index in [0.717, 1.165) is 0 Å². The molecule has 0 saturated heterocycles. The van der Waals surface area contributed by atoms with Crippen LogP contribution in [0.3, 0.4) is 0 Å². The Hall–Kier alpha value is 1.02. The molecule has 0 N–H and O–H groups in total. The zero-order chi connectivity index (χ0) is 9.94. The molecule has 0 bridgehead atoms. The summed E-state index contributed by atoms with van der Waals surface area (Å²) in [5, 5.41) is 0. The predicted octanol–water partition coefficient (Wildman–Crippen LogP) is 5.24. The van der Waals surface area contributed by atoms with E-state index in [4.69, 9.17) is 0 Å². The molecule has 0 unspecified atom stereocenters. The van der Waals surface area contributed by atoms with Gasteiger partial charge in [0, 0.05) is 0 Å². The molecule has 0 heterocycles. The van der Waals surface area contributed by atoms with Crippen molar-refractivity contribution in [3.05, 3.63) is 12.7 Å². The van der Waals surface area contributed by atoms with Gasteiger partial charge in [0.2, 0.25) is 0 Å². The van der Waals surface area contributed by atoms with Gasteiger partial charge in [-0.25, -0.2) is 0 Å². The first-order valence-electron chi connectivity index (χ1n) is 5.79. The van der Waals surface area contributed by atoms with E-state index in [1.807, 2.05) is 0 Å². The summed E-state index contributed by atoms with van der Waals surface area (Å²) in [5.74, 6) is 0. The summed E-state index contributed by atoms with van der Waals surface area (Å²) in [6.45, 7) is 8.45. The van der Waals surface area contributed by atoms with Gasteiger partial charge >= 0.3 is 91.7 Å². The summed E-state index contributed by atoms with van der Waals surface area (Å²) in [6, 6.07) is 0. The van der Waals surface area contributed by atoms with Crippen LogP contribution in [0, 0.1) is 0 Å². The summed E-state index contributed by atoms with van der Waals surface area (Å²) in [6.07, 6.45) is 9.18. The molecular weight excluding hydrogens is 343 g/mol. The van der Waals surface area contributed by atoms with Gasteiger partial charge < -0.3 is 0 Å². The molecule has 14 heavy (non-hydrogen) atoms. The van der Waals surface area contributed by atoms with Crippen molar-refractivity contribution in [2.24, 2.45) is 0 Å². The molecule has 0 aromatic heterocycles. The summed E-state index contributed by atoms with van der Waals surface area (Å²) >= 11 is -0.911. The topological polar surface area (TPSA) is 0 Å². The fraction of sp³-hybridized carbons (Fsp3) is 0.833. The van der Waals surface area contributed by atoms with Crippen molar-refractivity contribution < 1.29 is 0 Å². The van der Waals surface area contributed by atoms with Crippen LogP contribution >= 0.6 is 17.0 Å². The molecule has 0 rings (SSSR count). The van der Waals surface area contributed by atoms with Gasteiger partial charge in [-0.1, -0.05) is 0 Å². The molecule has 0 saturated carbocycles. The Morgan fingerprint density at radius 2 is 1.50 bits per heavy atom. The van der Waals surface area contributed by atoms with Gasteiger partial charge in [-0.15, -0.1) is 17.0 Å². The second-order valence-corrected chi connectivity index (χ2v) is 12.3. The van der Waals surface area contributed by atoms with Crippen LogP contribution in [0.25, 0.3) is 0 Å². The zero-order valence-corrected chi connectivity index (χ0v) is 14.4. The first-order valence-corrected chi connectivity index (χ1v) is 11.8. The van der Waals surface area contributed by atoms with Crippen LogP contribution in [-0.2, 0) is 0 Å². The Labute approximate surface area is 108 Å². The standard InChI is InChI=1S/2C4H9.C4H7.BrH.Sn/c3*1-3-4-2;;/h2*1,3-4H2,2H3;3H,1-2,4H2;1H;. The van der Waals surface area contributed by atoms with Crippen LogP contribution < -0.4 is 0 Å². The monoisotopic (exact) mass is 369 g/mol. The zero-order valence-electron chi connectivity index (χ0n) is 9.85. The molecule has 0 atom stereocenters. The van der Waals surface area contributed by atoms with Gasteiger partial charge in [-0.05, 0) is 0 Å². The number of hydrogen-bond acceptors (Lipinski definition) is 0. The fourth-order valence-corrected chi connectivity index (χ4v) is 10.3. The van der Waals surface area contributed by atoms with E-state index < -0.39 is 19.8 Å². The summed E-state index contributed by atoms with van der Waals surface area (Å²) in [5.41, 5.74) is 0. The van der Waals surface area contributed by atoms with E-state index in [2.05, 4.69) is 26.5 Å². The van der Waals surface area contributed by atoms with E-state index in [1.165, 1.54) is 32.1 Å². The molecule has 0 nitrogen and oxygen atoms in total. The van der Waals surface area contributed by atoms with Crippen molar-refractivity contribution in [1.29, 1.82) is 0 Å². The minimum atomic E-state index is -0.911. The molecule has 0 fully saturated rings. The molecule has 0 spiro atoms. The molecule has 0 amide bonds. The average Bonchev–Trinajstić information content (AvgIpc) is 2.17. The molecule has 85 valence electrons. The quantitative estimate of drug-likeness (QED) is 0.386. The van der Waals surface area contributed by atoms with Gasteiger partial charge in [-0.2, -0.15) is 0 Å². The Balaban J connectivity index is 0. The summed E-state index contributed by atoms with van der Waals surface area (Å²) < 4.78 is 4.82. The molecule has 0 aliphatic heterocycles. The van der Waals surface area contributed by atoms with Crippen LogP contribution in [0.1, 0.15) is 46.0 Å². The van der Waals surface area contributed by atoms with Crippen molar-refractivity contribution in [1.82, 2.24) is 0 Å². The summed E-state index contributed by atoms with van der Waals surface area (Å²) in [7, 11) is 0. The minimum absolute atomic E-state index is 0. The Kier molecular flexibility index (Phi) is 17.4. The number of rotatable bonds is 9. The molecule has 0 aromatic rings. The molecule has 0 aliphatic carbocycles. The fourth-order valence-electron chi connectivity index (χ4n) is 1.53. The van der Waals surface area contributed by atoms with Gasteiger partial charge in [0.05, 0.1) is 0 Å². The van der Waals surface area contributed by atoms with E-state index in [1.54, 1.807) is 13.3 Å². The van der Waals surface area contributed by atoms with Gasteiger partial charge in [0.15, 0.2) is 0 Å². The molecule has 0 aromatic carbocycles. The number of hydrogen-bond donors (Lipinski definition) is 0. The molecule has 0 aliphatic rings. The Morgan fingerprint density at radius 3 is 1.86 bits per heavy atom. The number of unbranched alkanes of at least 4 members (excludes halogenated alkanes) is 2. The van der Waals surface area contributed by atoms with Crippen molar-refractivity contribution in [3.63, 3.8) is 0 Å². The first-order chi connectivity index (χ1) is 6.35. The number of halogens is 1. The Morgan fingerprint density at radius 1 is 1.00 bits per heavy atom. The maximum atomic E-state index is 3.82. The van der Waals surface area contributed by atoms with Gasteiger partial charge in [0.25, 0.3) is 0 Å². The molecule has 1 radical (unpaired) electrons. The van der Waals surface area contributed by atoms with E-state index >= 15 is 0 Å². The maximum absolute atomic E-state index is 3.82. The molecule has 2 heteroatoms. The van der Waals surface area contributed by atoms with E-state index in [0.29, 0.717) is 0 Å². The van der Waals surface area contributed by atoms with Gasteiger partial charge in [-0.3, -0.25) is 0 Å². The van der Waals surface area contributed by atoms with Crippen LogP contribution in [0.5, 0.6) is 0 Å². The first kappa shape index (κ1) is 17.4. The predicted molar refractivity (Wildman–Crippen MR) is 75.1 cm³/mol. The van der Waals surface area contributed by atoms with Crippen LogP contribution in [0.4, 0.5) is 0 Å². The molecular formula is C12H26BrSn. The third kappa shape index (κ3) is 11.1. The second-order valence-electron chi connectivity index (χ2n) is 3.78. The average molecular weight is 369 g/mol. The van der Waals surface area contributed by atoms with Crippen LogP contribution in [0.15, 0.2) is 12.7 Å². The normalized spacial score (nSPS) is 9.93.